The Labute approximate surface area is 79.8 Å². The highest BCUT2D eigenvalue weighted by molar-refractivity contribution is 5.74. The second-order valence-corrected chi connectivity index (χ2v) is 2.78. The number of hydrogen-bond donors (Lipinski definition) is 1. The first-order chi connectivity index (χ1) is 6.79. The van der Waals surface area contributed by atoms with E-state index in [2.05, 4.69) is 5.16 Å². The van der Waals surface area contributed by atoms with Gasteiger partial charge < -0.3 is 9.63 Å². The Hall–Kier alpha value is -2.10. The van der Waals surface area contributed by atoms with Crippen molar-refractivity contribution in [2.24, 2.45) is 0 Å². The van der Waals surface area contributed by atoms with Crippen LogP contribution in [0.5, 0.6) is 5.75 Å². The predicted molar refractivity (Wildman–Crippen MR) is 49.0 cm³/mol. The fourth-order valence-corrected chi connectivity index (χ4v) is 1.11. The van der Waals surface area contributed by atoms with E-state index in [9.17, 15) is 4.79 Å². The van der Waals surface area contributed by atoms with Crippen molar-refractivity contribution in [1.82, 2.24) is 5.16 Å². The number of benzene rings is 1. The molecule has 2 aromatic rings. The second kappa shape index (κ2) is 3.33. The zero-order valence-corrected chi connectivity index (χ0v) is 7.18. The molecular weight excluding hydrogens is 182 g/mol. The van der Waals surface area contributed by atoms with Gasteiger partial charge in [-0.05, 0) is 24.3 Å². The molecule has 2 rings (SSSR count). The van der Waals surface area contributed by atoms with Crippen molar-refractivity contribution >= 4 is 6.29 Å². The third-order valence-corrected chi connectivity index (χ3v) is 1.80. The van der Waals surface area contributed by atoms with Gasteiger partial charge in [-0.2, -0.15) is 0 Å². The lowest BCUT2D eigenvalue weighted by Crippen LogP contribution is -1.73. The van der Waals surface area contributed by atoms with Crippen LogP contribution in [-0.2, 0) is 0 Å². The highest BCUT2D eigenvalue weighted by atomic mass is 16.5. The maximum atomic E-state index is 10.3. The average molecular weight is 189 g/mol. The van der Waals surface area contributed by atoms with Gasteiger partial charge in [0.05, 0.1) is 0 Å². The lowest BCUT2D eigenvalue weighted by Gasteiger charge is -1.94. The quantitative estimate of drug-likeness (QED) is 0.732. The van der Waals surface area contributed by atoms with Crippen molar-refractivity contribution in [3.05, 3.63) is 36.0 Å². The molecule has 1 heterocycles. The van der Waals surface area contributed by atoms with E-state index in [0.29, 0.717) is 12.0 Å². The highest BCUT2D eigenvalue weighted by Gasteiger charge is 2.05. The molecule has 14 heavy (non-hydrogen) atoms. The Morgan fingerprint density at radius 1 is 1.29 bits per heavy atom. The van der Waals surface area contributed by atoms with Crippen LogP contribution in [0.15, 0.2) is 34.9 Å². The molecule has 4 nitrogen and oxygen atoms in total. The Balaban J connectivity index is 2.39. The van der Waals surface area contributed by atoms with Crippen molar-refractivity contribution in [2.75, 3.05) is 0 Å². The number of rotatable bonds is 2. The van der Waals surface area contributed by atoms with Gasteiger partial charge in [-0.3, -0.25) is 4.79 Å². The van der Waals surface area contributed by atoms with Gasteiger partial charge in [0, 0.05) is 11.6 Å². The largest absolute Gasteiger partial charge is 0.508 e. The molecule has 1 aromatic carbocycles. The molecule has 0 atom stereocenters. The van der Waals surface area contributed by atoms with E-state index in [1.54, 1.807) is 30.3 Å². The van der Waals surface area contributed by atoms with Crippen molar-refractivity contribution in [2.45, 2.75) is 0 Å². The van der Waals surface area contributed by atoms with E-state index in [1.165, 1.54) is 0 Å². The van der Waals surface area contributed by atoms with Gasteiger partial charge in [-0.15, -0.1) is 0 Å². The molecule has 0 spiro atoms. The van der Waals surface area contributed by atoms with Crippen LogP contribution in [-0.4, -0.2) is 16.5 Å². The van der Waals surface area contributed by atoms with E-state index in [0.717, 1.165) is 5.56 Å². The molecule has 0 saturated carbocycles. The van der Waals surface area contributed by atoms with Crippen molar-refractivity contribution in [1.29, 1.82) is 0 Å². The number of hydrogen-bond acceptors (Lipinski definition) is 4. The molecule has 1 aromatic heterocycles. The van der Waals surface area contributed by atoms with Crippen LogP contribution >= 0.6 is 0 Å². The van der Waals surface area contributed by atoms with Gasteiger partial charge >= 0.3 is 0 Å². The average Bonchev–Trinajstić information content (AvgIpc) is 2.67. The van der Waals surface area contributed by atoms with Crippen LogP contribution in [0.25, 0.3) is 11.3 Å². The number of phenols is 1. The number of phenolic OH excluding ortho intramolecular Hbond substituents is 1. The molecule has 1 N–H and O–H groups in total. The Kier molecular flexibility index (Phi) is 2.02. The normalized spacial score (nSPS) is 10.0. The maximum absolute atomic E-state index is 10.3. The first-order valence-electron chi connectivity index (χ1n) is 4.01. The molecule has 0 aliphatic heterocycles. The fourth-order valence-electron chi connectivity index (χ4n) is 1.11. The number of carbonyl (C=O) groups excluding carboxylic acids is 1. The summed E-state index contributed by atoms with van der Waals surface area (Å²) < 4.78 is 4.92. The first kappa shape index (κ1) is 8.50. The summed E-state index contributed by atoms with van der Waals surface area (Å²) in [6.07, 6.45) is 0.618. The van der Waals surface area contributed by atoms with E-state index < -0.39 is 0 Å². The number of aromatic hydroxyl groups is 1. The van der Waals surface area contributed by atoms with Gasteiger partial charge in [-0.25, -0.2) is 0 Å². The highest BCUT2D eigenvalue weighted by Crippen LogP contribution is 2.21. The van der Waals surface area contributed by atoms with Crippen LogP contribution < -0.4 is 0 Å². The number of carbonyl (C=O) groups is 1. The molecule has 0 aliphatic carbocycles. The number of aldehydes is 1. The Bertz CT molecular complexity index is 445. The summed E-state index contributed by atoms with van der Waals surface area (Å²) in [5.74, 6) is 0.691. The molecule has 0 unspecified atom stereocenters. The molecule has 0 amide bonds. The van der Waals surface area contributed by atoms with E-state index in [1.807, 2.05) is 0 Å². The first-order valence-corrected chi connectivity index (χ1v) is 4.01. The predicted octanol–water partition coefficient (Wildman–Crippen LogP) is 1.86. The van der Waals surface area contributed by atoms with E-state index in [-0.39, 0.29) is 11.4 Å². The lowest BCUT2D eigenvalue weighted by atomic mass is 10.1. The summed E-state index contributed by atoms with van der Waals surface area (Å²) in [5.41, 5.74) is 1.02. The summed E-state index contributed by atoms with van der Waals surface area (Å²) in [7, 11) is 0. The fraction of sp³-hybridized carbons (Fsp3) is 0. The summed E-state index contributed by atoms with van der Waals surface area (Å²) >= 11 is 0. The zero-order chi connectivity index (χ0) is 9.97. The molecule has 70 valence electrons. The molecule has 0 saturated heterocycles. The number of nitrogens with zero attached hydrogens (tertiary/aromatic N) is 1. The van der Waals surface area contributed by atoms with Crippen LogP contribution in [0.3, 0.4) is 0 Å². The minimum Gasteiger partial charge on any atom is -0.508 e. The van der Waals surface area contributed by atoms with Gasteiger partial charge in [0.25, 0.3) is 0 Å². The molecule has 0 fully saturated rings. The van der Waals surface area contributed by atoms with Crippen molar-refractivity contribution < 1.29 is 14.4 Å². The standard InChI is InChI=1S/C10H7NO3/c12-6-8-5-10(14-11-8)7-1-3-9(13)4-2-7/h1-6,13H. The molecule has 0 radical (unpaired) electrons. The third-order valence-electron chi connectivity index (χ3n) is 1.80. The maximum Gasteiger partial charge on any atom is 0.171 e. The summed E-state index contributed by atoms with van der Waals surface area (Å²) in [5, 5.41) is 12.6. The summed E-state index contributed by atoms with van der Waals surface area (Å²) in [4.78, 5) is 10.3. The molecule has 0 aliphatic rings. The number of aromatic nitrogens is 1. The molecule has 0 bridgehead atoms. The lowest BCUT2D eigenvalue weighted by molar-refractivity contribution is 0.111. The molecular formula is C10H7NO3. The topological polar surface area (TPSA) is 63.3 Å². The van der Waals surface area contributed by atoms with Gasteiger partial charge in [-0.1, -0.05) is 5.16 Å². The summed E-state index contributed by atoms with van der Waals surface area (Å²) in [6.45, 7) is 0. The second-order valence-electron chi connectivity index (χ2n) is 2.78. The Morgan fingerprint density at radius 2 is 2.00 bits per heavy atom. The third kappa shape index (κ3) is 1.50. The van der Waals surface area contributed by atoms with Crippen LogP contribution in [0.1, 0.15) is 10.5 Å². The SMILES string of the molecule is O=Cc1cc(-c2ccc(O)cc2)on1. The van der Waals surface area contributed by atoms with Crippen molar-refractivity contribution in [3.8, 4) is 17.1 Å². The van der Waals surface area contributed by atoms with Crippen LogP contribution in [0.2, 0.25) is 0 Å². The van der Waals surface area contributed by atoms with Crippen LogP contribution in [0, 0.1) is 0 Å². The smallest absolute Gasteiger partial charge is 0.171 e. The van der Waals surface area contributed by atoms with E-state index >= 15 is 0 Å². The van der Waals surface area contributed by atoms with Gasteiger partial charge in [0.2, 0.25) is 0 Å². The van der Waals surface area contributed by atoms with Crippen molar-refractivity contribution in [3.63, 3.8) is 0 Å². The Morgan fingerprint density at radius 3 is 2.57 bits per heavy atom. The van der Waals surface area contributed by atoms with Gasteiger partial charge in [0.15, 0.2) is 12.0 Å². The summed E-state index contributed by atoms with van der Waals surface area (Å²) in [6, 6.07) is 7.99. The molecule has 4 heteroatoms. The van der Waals surface area contributed by atoms with Crippen LogP contribution in [0.4, 0.5) is 0 Å². The van der Waals surface area contributed by atoms with Gasteiger partial charge in [0.1, 0.15) is 11.4 Å². The minimum absolute atomic E-state index is 0.184. The zero-order valence-electron chi connectivity index (χ0n) is 7.18. The monoisotopic (exact) mass is 189 g/mol. The minimum atomic E-state index is 0.184. The van der Waals surface area contributed by atoms with E-state index in [4.69, 9.17) is 9.63 Å².